The van der Waals surface area contributed by atoms with Gasteiger partial charge in [0.1, 0.15) is 5.54 Å². The molecule has 0 unspecified atom stereocenters. The quantitative estimate of drug-likeness (QED) is 0.454. The molecular formula is C21H28N4O4. The molecule has 29 heavy (non-hydrogen) atoms. The molecular weight excluding hydrogens is 372 g/mol. The molecule has 1 saturated heterocycles. The van der Waals surface area contributed by atoms with Gasteiger partial charge in [-0.1, -0.05) is 31.0 Å². The topological polar surface area (TPSA) is 108 Å². The summed E-state index contributed by atoms with van der Waals surface area (Å²) in [6.07, 6.45) is 3.99. The Kier molecular flexibility index (Phi) is 6.51. The van der Waals surface area contributed by atoms with E-state index in [1.807, 2.05) is 19.1 Å². The first-order valence-electron chi connectivity index (χ1n) is 10.2. The number of carbonyl (C=O) groups excluding carboxylic acids is 4. The maximum absolute atomic E-state index is 12.5. The van der Waals surface area contributed by atoms with Crippen LogP contribution in [-0.4, -0.2) is 53.8 Å². The molecule has 1 aromatic carbocycles. The number of carbonyl (C=O) groups is 4. The molecule has 1 aliphatic carbocycles. The van der Waals surface area contributed by atoms with Crippen LogP contribution in [0.25, 0.3) is 0 Å². The van der Waals surface area contributed by atoms with Gasteiger partial charge in [-0.05, 0) is 37.8 Å². The summed E-state index contributed by atoms with van der Waals surface area (Å²) in [5, 5.41) is 8.35. The highest BCUT2D eigenvalue weighted by molar-refractivity contribution is 6.07. The van der Waals surface area contributed by atoms with Crippen LogP contribution < -0.4 is 16.0 Å². The Morgan fingerprint density at radius 2 is 1.83 bits per heavy atom. The number of hydrogen-bond acceptors (Lipinski definition) is 4. The van der Waals surface area contributed by atoms with Gasteiger partial charge in [-0.25, -0.2) is 4.79 Å². The molecule has 1 spiro atoms. The number of benzene rings is 1. The maximum atomic E-state index is 12.5. The highest BCUT2D eigenvalue weighted by Gasteiger charge is 2.51. The highest BCUT2D eigenvalue weighted by atomic mass is 16.2. The predicted molar refractivity (Wildman–Crippen MR) is 107 cm³/mol. The number of amides is 5. The minimum atomic E-state index is -0.685. The van der Waals surface area contributed by atoms with Crippen molar-refractivity contribution in [2.24, 2.45) is 0 Å². The number of rotatable bonds is 8. The van der Waals surface area contributed by atoms with Crippen LogP contribution in [0.5, 0.6) is 0 Å². The number of nitrogens with one attached hydrogen (secondary N) is 3. The lowest BCUT2D eigenvalue weighted by Gasteiger charge is -2.20. The first-order chi connectivity index (χ1) is 13.9. The van der Waals surface area contributed by atoms with Crippen LogP contribution >= 0.6 is 0 Å². The second-order valence-corrected chi connectivity index (χ2v) is 7.70. The summed E-state index contributed by atoms with van der Waals surface area (Å²) >= 11 is 0. The summed E-state index contributed by atoms with van der Waals surface area (Å²) in [6.45, 7) is 2.77. The molecule has 0 atom stereocenters. The largest absolute Gasteiger partial charge is 0.356 e. The van der Waals surface area contributed by atoms with Crippen molar-refractivity contribution in [1.82, 2.24) is 20.9 Å². The van der Waals surface area contributed by atoms with Crippen molar-refractivity contribution in [3.05, 3.63) is 35.4 Å². The number of hydrogen-bond donors (Lipinski definition) is 3. The Hall–Kier alpha value is -2.90. The van der Waals surface area contributed by atoms with E-state index in [1.54, 1.807) is 12.1 Å². The fourth-order valence-electron chi connectivity index (χ4n) is 3.96. The fraction of sp³-hybridized carbons (Fsp3) is 0.524. The summed E-state index contributed by atoms with van der Waals surface area (Å²) < 4.78 is 0. The molecule has 8 heteroatoms. The monoisotopic (exact) mass is 400 g/mol. The van der Waals surface area contributed by atoms with Crippen LogP contribution in [0.3, 0.4) is 0 Å². The molecule has 1 aliphatic heterocycles. The van der Waals surface area contributed by atoms with Crippen LogP contribution in [-0.2, 0) is 9.59 Å². The molecule has 3 rings (SSSR count). The van der Waals surface area contributed by atoms with Crippen LogP contribution in [0.4, 0.5) is 4.79 Å². The third-order valence-corrected chi connectivity index (χ3v) is 5.61. The van der Waals surface area contributed by atoms with Crippen molar-refractivity contribution < 1.29 is 19.2 Å². The van der Waals surface area contributed by atoms with Crippen LogP contribution in [0, 0.1) is 6.92 Å². The van der Waals surface area contributed by atoms with E-state index in [0.29, 0.717) is 31.4 Å². The third kappa shape index (κ3) is 4.75. The van der Waals surface area contributed by atoms with E-state index in [1.165, 1.54) is 4.90 Å². The molecule has 0 bridgehead atoms. The number of nitrogens with zero attached hydrogens (tertiary/aromatic N) is 1. The zero-order valence-electron chi connectivity index (χ0n) is 16.8. The Labute approximate surface area is 170 Å². The molecule has 3 N–H and O–H groups in total. The van der Waals surface area contributed by atoms with Gasteiger partial charge >= 0.3 is 6.03 Å². The van der Waals surface area contributed by atoms with E-state index in [-0.39, 0.29) is 43.3 Å². The summed E-state index contributed by atoms with van der Waals surface area (Å²) in [7, 11) is 0. The zero-order chi connectivity index (χ0) is 20.9. The van der Waals surface area contributed by atoms with Crippen molar-refractivity contribution in [2.75, 3.05) is 19.6 Å². The molecule has 5 amide bonds. The van der Waals surface area contributed by atoms with Gasteiger partial charge < -0.3 is 16.0 Å². The van der Waals surface area contributed by atoms with Gasteiger partial charge in [0, 0.05) is 31.6 Å². The molecule has 2 fully saturated rings. The average Bonchev–Trinajstić information content (AvgIpc) is 3.25. The predicted octanol–water partition coefficient (Wildman–Crippen LogP) is 1.49. The van der Waals surface area contributed by atoms with Crippen LogP contribution in [0.1, 0.15) is 54.4 Å². The Bertz CT molecular complexity index is 802. The number of urea groups is 1. The molecule has 156 valence electrons. The van der Waals surface area contributed by atoms with E-state index in [4.69, 9.17) is 0 Å². The molecule has 0 radical (unpaired) electrons. The van der Waals surface area contributed by atoms with Crippen molar-refractivity contribution in [3.63, 3.8) is 0 Å². The number of imide groups is 1. The number of aryl methyl sites for hydroxylation is 1. The van der Waals surface area contributed by atoms with Crippen molar-refractivity contribution >= 4 is 23.8 Å². The Balaban J connectivity index is 1.32. The van der Waals surface area contributed by atoms with E-state index in [0.717, 1.165) is 18.4 Å². The Morgan fingerprint density at radius 1 is 1.10 bits per heavy atom. The fourth-order valence-corrected chi connectivity index (χ4v) is 3.96. The van der Waals surface area contributed by atoms with Gasteiger partial charge in [0.15, 0.2) is 0 Å². The summed E-state index contributed by atoms with van der Waals surface area (Å²) in [5.41, 5.74) is 0.797. The standard InChI is InChI=1S/C21H28N4O4/c1-15-7-2-3-8-16(15)18(27)23-13-9-17(26)22-12-6-14-25-19(28)21(24-20(25)29)10-4-5-11-21/h2-3,7-8H,4-6,9-14H2,1H3,(H,22,26)(H,23,27)(H,24,29). The first-order valence-corrected chi connectivity index (χ1v) is 10.2. The van der Waals surface area contributed by atoms with Gasteiger partial charge in [-0.15, -0.1) is 0 Å². The molecule has 1 saturated carbocycles. The maximum Gasteiger partial charge on any atom is 0.325 e. The molecule has 1 aromatic rings. The summed E-state index contributed by atoms with van der Waals surface area (Å²) in [4.78, 5) is 49.9. The SMILES string of the molecule is Cc1ccccc1C(=O)NCCC(=O)NCCCN1C(=O)NC2(CCCC2)C1=O. The van der Waals surface area contributed by atoms with E-state index in [2.05, 4.69) is 16.0 Å². The van der Waals surface area contributed by atoms with Crippen molar-refractivity contribution in [3.8, 4) is 0 Å². The summed E-state index contributed by atoms with van der Waals surface area (Å²) in [5.74, 6) is -0.514. The van der Waals surface area contributed by atoms with E-state index >= 15 is 0 Å². The van der Waals surface area contributed by atoms with Gasteiger partial charge in [-0.2, -0.15) is 0 Å². The average molecular weight is 400 g/mol. The van der Waals surface area contributed by atoms with E-state index in [9.17, 15) is 19.2 Å². The third-order valence-electron chi connectivity index (χ3n) is 5.61. The smallest absolute Gasteiger partial charge is 0.325 e. The van der Waals surface area contributed by atoms with Gasteiger partial charge in [0.05, 0.1) is 0 Å². The van der Waals surface area contributed by atoms with Crippen LogP contribution in [0.15, 0.2) is 24.3 Å². The van der Waals surface area contributed by atoms with Gasteiger partial charge in [-0.3, -0.25) is 19.3 Å². The van der Waals surface area contributed by atoms with Crippen molar-refractivity contribution in [2.45, 2.75) is 51.0 Å². The lowest BCUT2D eigenvalue weighted by molar-refractivity contribution is -0.131. The first kappa shape index (κ1) is 20.8. The normalized spacial score (nSPS) is 17.5. The van der Waals surface area contributed by atoms with Crippen molar-refractivity contribution in [1.29, 1.82) is 0 Å². The second kappa shape index (κ2) is 9.07. The minimum Gasteiger partial charge on any atom is -0.356 e. The lowest BCUT2D eigenvalue weighted by Crippen LogP contribution is -2.44. The minimum absolute atomic E-state index is 0.134. The molecule has 1 heterocycles. The van der Waals surface area contributed by atoms with E-state index < -0.39 is 5.54 Å². The second-order valence-electron chi connectivity index (χ2n) is 7.70. The van der Waals surface area contributed by atoms with Crippen LogP contribution in [0.2, 0.25) is 0 Å². The highest BCUT2D eigenvalue weighted by Crippen LogP contribution is 2.34. The molecule has 0 aromatic heterocycles. The lowest BCUT2D eigenvalue weighted by atomic mass is 9.98. The molecule has 8 nitrogen and oxygen atoms in total. The zero-order valence-corrected chi connectivity index (χ0v) is 16.8. The molecule has 2 aliphatic rings. The van der Waals surface area contributed by atoms with Gasteiger partial charge in [0.25, 0.3) is 11.8 Å². The summed E-state index contributed by atoms with van der Waals surface area (Å²) in [6, 6.07) is 6.95. The van der Waals surface area contributed by atoms with Gasteiger partial charge in [0.2, 0.25) is 5.91 Å². The Morgan fingerprint density at radius 3 is 2.55 bits per heavy atom.